The van der Waals surface area contributed by atoms with Gasteiger partial charge in [-0.1, -0.05) is 19.3 Å². The second-order valence-electron chi connectivity index (χ2n) is 6.31. The Morgan fingerprint density at radius 2 is 1.75 bits per heavy atom. The van der Waals surface area contributed by atoms with E-state index in [2.05, 4.69) is 0 Å². The number of rotatable bonds is 2. The van der Waals surface area contributed by atoms with E-state index in [0.29, 0.717) is 5.92 Å². The van der Waals surface area contributed by atoms with Crippen LogP contribution in [0.4, 0.5) is 0 Å². The van der Waals surface area contributed by atoms with Crippen LogP contribution >= 0.6 is 12.4 Å². The van der Waals surface area contributed by atoms with Crippen LogP contribution in [0.3, 0.4) is 0 Å². The van der Waals surface area contributed by atoms with Gasteiger partial charge in [-0.25, -0.2) is 0 Å². The Kier molecular flexibility index (Phi) is 7.27. The summed E-state index contributed by atoms with van der Waals surface area (Å²) in [5.41, 5.74) is 6.17. The molecular weight excluding hydrogens is 276 g/mol. The Labute approximate surface area is 128 Å². The van der Waals surface area contributed by atoms with Crippen molar-refractivity contribution in [3.8, 4) is 0 Å². The van der Waals surface area contributed by atoms with E-state index in [0.717, 1.165) is 51.6 Å². The fourth-order valence-corrected chi connectivity index (χ4v) is 3.48. The lowest BCUT2D eigenvalue weighted by molar-refractivity contribution is -0.138. The van der Waals surface area contributed by atoms with E-state index in [1.54, 1.807) is 0 Å². The first-order chi connectivity index (χ1) is 9.09. The SMILES string of the molecule is CC(O)C1CCN(C(=O)C2CCCCCC2N)CC1.Cl. The minimum Gasteiger partial charge on any atom is -0.393 e. The predicted molar refractivity (Wildman–Crippen MR) is 82.8 cm³/mol. The molecule has 5 heteroatoms. The molecule has 20 heavy (non-hydrogen) atoms. The molecule has 1 saturated carbocycles. The third-order valence-electron chi connectivity index (χ3n) is 4.92. The molecule has 3 unspecified atom stereocenters. The first-order valence-corrected chi connectivity index (χ1v) is 7.82. The highest BCUT2D eigenvalue weighted by atomic mass is 35.5. The smallest absolute Gasteiger partial charge is 0.227 e. The highest BCUT2D eigenvalue weighted by Crippen LogP contribution is 2.27. The summed E-state index contributed by atoms with van der Waals surface area (Å²) in [5, 5.41) is 9.61. The van der Waals surface area contributed by atoms with E-state index >= 15 is 0 Å². The van der Waals surface area contributed by atoms with E-state index in [4.69, 9.17) is 5.73 Å². The largest absolute Gasteiger partial charge is 0.393 e. The molecule has 4 nitrogen and oxygen atoms in total. The van der Waals surface area contributed by atoms with Crippen molar-refractivity contribution in [3.63, 3.8) is 0 Å². The van der Waals surface area contributed by atoms with Crippen molar-refractivity contribution in [1.82, 2.24) is 4.90 Å². The summed E-state index contributed by atoms with van der Waals surface area (Å²) in [4.78, 5) is 14.6. The van der Waals surface area contributed by atoms with E-state index < -0.39 is 0 Å². The molecule has 0 aromatic carbocycles. The average Bonchev–Trinajstić information content (AvgIpc) is 2.63. The zero-order chi connectivity index (χ0) is 13.8. The molecule has 0 bridgehead atoms. The van der Waals surface area contributed by atoms with Gasteiger partial charge in [0.05, 0.1) is 12.0 Å². The molecule has 0 aromatic heterocycles. The third kappa shape index (κ3) is 4.34. The average molecular weight is 305 g/mol. The molecule has 2 fully saturated rings. The number of nitrogens with two attached hydrogens (primary N) is 1. The van der Waals surface area contributed by atoms with Gasteiger partial charge in [0.2, 0.25) is 5.91 Å². The number of carbonyl (C=O) groups is 1. The van der Waals surface area contributed by atoms with Crippen LogP contribution in [-0.2, 0) is 4.79 Å². The maximum absolute atomic E-state index is 12.6. The van der Waals surface area contributed by atoms with E-state index in [9.17, 15) is 9.90 Å². The first kappa shape index (κ1) is 17.7. The lowest BCUT2D eigenvalue weighted by Gasteiger charge is -2.36. The van der Waals surface area contributed by atoms with Gasteiger partial charge in [0.25, 0.3) is 0 Å². The first-order valence-electron chi connectivity index (χ1n) is 7.82. The van der Waals surface area contributed by atoms with Crippen LogP contribution in [0.1, 0.15) is 51.9 Å². The van der Waals surface area contributed by atoms with Crippen molar-refractivity contribution in [2.24, 2.45) is 17.6 Å². The van der Waals surface area contributed by atoms with Crippen molar-refractivity contribution >= 4 is 18.3 Å². The van der Waals surface area contributed by atoms with Gasteiger partial charge in [0, 0.05) is 19.1 Å². The molecular formula is C15H29ClN2O2. The van der Waals surface area contributed by atoms with Gasteiger partial charge in [0.1, 0.15) is 0 Å². The van der Waals surface area contributed by atoms with Gasteiger partial charge >= 0.3 is 0 Å². The second-order valence-corrected chi connectivity index (χ2v) is 6.31. The van der Waals surface area contributed by atoms with Crippen molar-refractivity contribution in [2.75, 3.05) is 13.1 Å². The molecule has 118 valence electrons. The van der Waals surface area contributed by atoms with Crippen LogP contribution in [0.25, 0.3) is 0 Å². The van der Waals surface area contributed by atoms with Crippen LogP contribution in [-0.4, -0.2) is 41.1 Å². The van der Waals surface area contributed by atoms with Gasteiger partial charge < -0.3 is 15.7 Å². The van der Waals surface area contributed by atoms with Crippen LogP contribution in [0.5, 0.6) is 0 Å². The second kappa shape index (κ2) is 8.20. The number of hydrogen-bond acceptors (Lipinski definition) is 3. The van der Waals surface area contributed by atoms with Crippen LogP contribution in [0.15, 0.2) is 0 Å². The number of amides is 1. The van der Waals surface area contributed by atoms with Gasteiger partial charge in [0.15, 0.2) is 0 Å². The molecule has 0 aromatic rings. The maximum atomic E-state index is 12.6. The maximum Gasteiger partial charge on any atom is 0.227 e. The summed E-state index contributed by atoms with van der Waals surface area (Å²) in [5.74, 6) is 0.649. The summed E-state index contributed by atoms with van der Waals surface area (Å²) in [6, 6.07) is 0.0458. The third-order valence-corrected chi connectivity index (χ3v) is 4.92. The fourth-order valence-electron chi connectivity index (χ4n) is 3.48. The number of aliphatic hydroxyl groups excluding tert-OH is 1. The molecule has 1 aliphatic heterocycles. The minimum atomic E-state index is -0.252. The zero-order valence-corrected chi connectivity index (χ0v) is 13.3. The Morgan fingerprint density at radius 1 is 1.15 bits per heavy atom. The quantitative estimate of drug-likeness (QED) is 0.766. The van der Waals surface area contributed by atoms with E-state index in [-0.39, 0.29) is 36.4 Å². The summed E-state index contributed by atoms with van der Waals surface area (Å²) >= 11 is 0. The summed E-state index contributed by atoms with van der Waals surface area (Å²) in [7, 11) is 0. The molecule has 3 N–H and O–H groups in total. The fraction of sp³-hybridized carbons (Fsp3) is 0.933. The van der Waals surface area contributed by atoms with E-state index in [1.807, 2.05) is 11.8 Å². The van der Waals surface area contributed by atoms with Gasteiger partial charge in [-0.3, -0.25) is 4.79 Å². The molecule has 1 aliphatic carbocycles. The molecule has 2 aliphatic rings. The lowest BCUT2D eigenvalue weighted by atomic mass is 9.89. The van der Waals surface area contributed by atoms with Gasteiger partial charge in [-0.15, -0.1) is 12.4 Å². The number of likely N-dealkylation sites (tertiary alicyclic amines) is 1. The normalized spacial score (nSPS) is 30.2. The highest BCUT2D eigenvalue weighted by Gasteiger charge is 2.33. The summed E-state index contributed by atoms with van der Waals surface area (Å²) in [6.45, 7) is 3.43. The van der Waals surface area contributed by atoms with Crippen molar-refractivity contribution in [2.45, 2.75) is 64.0 Å². The lowest BCUT2D eigenvalue weighted by Crippen LogP contribution is -2.47. The zero-order valence-electron chi connectivity index (χ0n) is 12.5. The van der Waals surface area contributed by atoms with Crippen LogP contribution in [0.2, 0.25) is 0 Å². The van der Waals surface area contributed by atoms with Gasteiger partial charge in [-0.2, -0.15) is 0 Å². The topological polar surface area (TPSA) is 66.6 Å². The van der Waals surface area contributed by atoms with Crippen molar-refractivity contribution < 1.29 is 9.90 Å². The number of aliphatic hydroxyl groups is 1. The van der Waals surface area contributed by atoms with Crippen molar-refractivity contribution in [1.29, 1.82) is 0 Å². The standard InChI is InChI=1S/C15H28N2O2.ClH/c1-11(18)12-7-9-17(10-8-12)15(19)13-5-3-2-4-6-14(13)16;/h11-14,18H,2-10,16H2,1H3;1H. The van der Waals surface area contributed by atoms with Crippen LogP contribution in [0, 0.1) is 11.8 Å². The molecule has 1 saturated heterocycles. The van der Waals surface area contributed by atoms with Crippen molar-refractivity contribution in [3.05, 3.63) is 0 Å². The number of halogens is 1. The number of nitrogens with zero attached hydrogens (tertiary/aromatic N) is 1. The molecule has 1 heterocycles. The van der Waals surface area contributed by atoms with Gasteiger partial charge in [-0.05, 0) is 38.5 Å². The molecule has 0 spiro atoms. The molecule has 1 amide bonds. The monoisotopic (exact) mass is 304 g/mol. The number of hydrogen-bond donors (Lipinski definition) is 2. The Balaban J connectivity index is 0.00000200. The highest BCUT2D eigenvalue weighted by molar-refractivity contribution is 5.85. The summed E-state index contributed by atoms with van der Waals surface area (Å²) in [6.07, 6.45) is 7.04. The number of piperidine rings is 1. The Morgan fingerprint density at radius 3 is 2.35 bits per heavy atom. The Hall–Kier alpha value is -0.320. The predicted octanol–water partition coefficient (Wildman–Crippen LogP) is 1.94. The molecule has 0 radical (unpaired) electrons. The molecule has 2 rings (SSSR count). The Bertz CT molecular complexity index is 304. The minimum absolute atomic E-state index is 0. The molecule has 3 atom stereocenters. The van der Waals surface area contributed by atoms with E-state index in [1.165, 1.54) is 6.42 Å². The van der Waals surface area contributed by atoms with Crippen LogP contribution < -0.4 is 5.73 Å². The number of carbonyl (C=O) groups excluding carboxylic acids is 1. The summed E-state index contributed by atoms with van der Waals surface area (Å²) < 4.78 is 0.